The molecule has 0 saturated heterocycles. The molecule has 0 bridgehead atoms. The van der Waals surface area contributed by atoms with E-state index in [4.69, 9.17) is 9.97 Å². The average molecular weight is 476 g/mol. The summed E-state index contributed by atoms with van der Waals surface area (Å²) >= 11 is 0. The number of rotatable bonds is 5. The molecule has 6 aromatic rings. The minimum Gasteiger partial charge on any atom is -0.264 e. The Morgan fingerprint density at radius 1 is 0.405 bits per heavy atom. The number of hydrogen-bond donors (Lipinski definition) is 0. The number of pyridine rings is 1. The predicted octanol–water partition coefficient (Wildman–Crippen LogP) is 8.52. The molecule has 2 heterocycles. The molecule has 0 N–H and O–H groups in total. The van der Waals surface area contributed by atoms with Gasteiger partial charge < -0.3 is 0 Å². The van der Waals surface area contributed by atoms with Gasteiger partial charge in [0.05, 0.1) is 11.4 Å². The first-order chi connectivity index (χ1) is 18.2. The highest BCUT2D eigenvalue weighted by Gasteiger charge is 2.11. The first kappa shape index (κ1) is 22.6. The lowest BCUT2D eigenvalue weighted by molar-refractivity contribution is 1.06. The Labute approximate surface area is 217 Å². The first-order valence-electron chi connectivity index (χ1n) is 12.4. The van der Waals surface area contributed by atoms with E-state index in [0.717, 1.165) is 50.6 Å². The second-order valence-electron chi connectivity index (χ2n) is 9.04. The molecule has 2 aromatic heterocycles. The third-order valence-electron chi connectivity index (χ3n) is 6.46. The van der Waals surface area contributed by atoms with Crippen molar-refractivity contribution in [2.45, 2.75) is 6.92 Å². The summed E-state index contributed by atoms with van der Waals surface area (Å²) in [4.78, 5) is 13.9. The molecule has 0 aliphatic carbocycles. The van der Waals surface area contributed by atoms with Crippen molar-refractivity contribution < 1.29 is 0 Å². The number of nitrogens with zero attached hydrogens (tertiary/aromatic N) is 3. The molecular weight excluding hydrogens is 450 g/mol. The lowest BCUT2D eigenvalue weighted by Gasteiger charge is -2.12. The van der Waals surface area contributed by atoms with Crippen molar-refractivity contribution in [2.24, 2.45) is 0 Å². The van der Waals surface area contributed by atoms with Crippen LogP contribution in [0.25, 0.3) is 55.9 Å². The van der Waals surface area contributed by atoms with Crippen LogP contribution in [0.1, 0.15) is 5.82 Å². The van der Waals surface area contributed by atoms with Crippen LogP contribution in [-0.4, -0.2) is 15.0 Å². The van der Waals surface area contributed by atoms with Crippen LogP contribution in [0.2, 0.25) is 0 Å². The Kier molecular flexibility index (Phi) is 6.10. The number of aromatic nitrogens is 3. The molecule has 0 atom stereocenters. The molecule has 0 unspecified atom stereocenters. The lowest BCUT2D eigenvalue weighted by atomic mass is 9.94. The molecule has 4 aromatic carbocycles. The molecule has 3 nitrogen and oxygen atoms in total. The predicted molar refractivity (Wildman–Crippen MR) is 152 cm³/mol. The fourth-order valence-corrected chi connectivity index (χ4v) is 4.60. The van der Waals surface area contributed by atoms with E-state index in [2.05, 4.69) is 108 Å². The standard InChI is InChI=1S/C34H25N3/c1-24-36-33(28-16-14-27(15-17-28)29-13-8-18-35-23-29)22-34(37-24)32-20-30(25-9-4-2-5-10-25)19-31(21-32)26-11-6-3-7-12-26/h2-23H,1H3. The van der Waals surface area contributed by atoms with E-state index in [1.165, 1.54) is 11.1 Å². The molecule has 0 aliphatic heterocycles. The third-order valence-corrected chi connectivity index (χ3v) is 6.46. The van der Waals surface area contributed by atoms with E-state index in [-0.39, 0.29) is 0 Å². The van der Waals surface area contributed by atoms with Crippen molar-refractivity contribution in [1.82, 2.24) is 15.0 Å². The quantitative estimate of drug-likeness (QED) is 0.251. The van der Waals surface area contributed by atoms with Gasteiger partial charge in [0, 0.05) is 23.5 Å². The highest BCUT2D eigenvalue weighted by Crippen LogP contribution is 2.33. The molecule has 0 fully saturated rings. The first-order valence-corrected chi connectivity index (χ1v) is 12.4. The summed E-state index contributed by atoms with van der Waals surface area (Å²) in [6.07, 6.45) is 3.67. The molecule has 0 saturated carbocycles. The Morgan fingerprint density at radius 3 is 1.46 bits per heavy atom. The van der Waals surface area contributed by atoms with Crippen LogP contribution in [0.3, 0.4) is 0 Å². The monoisotopic (exact) mass is 475 g/mol. The van der Waals surface area contributed by atoms with E-state index in [0.29, 0.717) is 0 Å². The van der Waals surface area contributed by atoms with Crippen molar-refractivity contribution in [3.8, 4) is 55.9 Å². The van der Waals surface area contributed by atoms with Gasteiger partial charge in [-0.25, -0.2) is 9.97 Å². The average Bonchev–Trinajstić information content (AvgIpc) is 2.98. The Morgan fingerprint density at radius 2 is 0.892 bits per heavy atom. The van der Waals surface area contributed by atoms with Gasteiger partial charge in [-0.2, -0.15) is 0 Å². The second kappa shape index (κ2) is 10.00. The second-order valence-corrected chi connectivity index (χ2v) is 9.04. The van der Waals surface area contributed by atoms with Crippen molar-refractivity contribution in [1.29, 1.82) is 0 Å². The van der Waals surface area contributed by atoms with Gasteiger partial charge in [0.15, 0.2) is 0 Å². The Hall–Kier alpha value is -4.89. The van der Waals surface area contributed by atoms with E-state index < -0.39 is 0 Å². The number of hydrogen-bond acceptors (Lipinski definition) is 3. The summed E-state index contributed by atoms with van der Waals surface area (Å²) < 4.78 is 0. The maximum atomic E-state index is 4.84. The number of benzene rings is 4. The minimum atomic E-state index is 0.746. The van der Waals surface area contributed by atoms with Gasteiger partial charge >= 0.3 is 0 Å². The topological polar surface area (TPSA) is 38.7 Å². The Balaban J connectivity index is 1.44. The fraction of sp³-hybridized carbons (Fsp3) is 0.0294. The highest BCUT2D eigenvalue weighted by atomic mass is 14.9. The molecule has 3 heteroatoms. The molecule has 0 radical (unpaired) electrons. The molecule has 37 heavy (non-hydrogen) atoms. The smallest absolute Gasteiger partial charge is 0.126 e. The van der Waals surface area contributed by atoms with Crippen LogP contribution in [-0.2, 0) is 0 Å². The summed E-state index contributed by atoms with van der Waals surface area (Å²) in [7, 11) is 0. The molecule has 176 valence electrons. The summed E-state index contributed by atoms with van der Waals surface area (Å²) in [5.41, 5.74) is 10.9. The van der Waals surface area contributed by atoms with Gasteiger partial charge in [0.2, 0.25) is 0 Å². The van der Waals surface area contributed by atoms with E-state index >= 15 is 0 Å². The zero-order valence-electron chi connectivity index (χ0n) is 20.5. The summed E-state index contributed by atoms with van der Waals surface area (Å²) in [6, 6.07) is 42.3. The van der Waals surface area contributed by atoms with Gasteiger partial charge in [0.1, 0.15) is 5.82 Å². The van der Waals surface area contributed by atoms with Crippen LogP contribution in [0, 0.1) is 6.92 Å². The van der Waals surface area contributed by atoms with Gasteiger partial charge in [-0.05, 0) is 70.6 Å². The third kappa shape index (κ3) is 4.93. The van der Waals surface area contributed by atoms with Crippen LogP contribution in [0.15, 0.2) is 134 Å². The van der Waals surface area contributed by atoms with Gasteiger partial charge in [0.25, 0.3) is 0 Å². The lowest BCUT2D eigenvalue weighted by Crippen LogP contribution is -1.95. The highest BCUT2D eigenvalue weighted by molar-refractivity contribution is 5.81. The van der Waals surface area contributed by atoms with Crippen molar-refractivity contribution in [3.05, 3.63) is 140 Å². The summed E-state index contributed by atoms with van der Waals surface area (Å²) in [6.45, 7) is 1.95. The maximum Gasteiger partial charge on any atom is 0.126 e. The van der Waals surface area contributed by atoms with Crippen LogP contribution >= 0.6 is 0 Å². The van der Waals surface area contributed by atoms with E-state index in [1.54, 1.807) is 6.20 Å². The van der Waals surface area contributed by atoms with Crippen LogP contribution in [0.4, 0.5) is 0 Å². The zero-order chi connectivity index (χ0) is 25.0. The molecule has 0 spiro atoms. The molecular formula is C34H25N3. The van der Waals surface area contributed by atoms with E-state index in [1.807, 2.05) is 31.3 Å². The van der Waals surface area contributed by atoms with Gasteiger partial charge in [-0.15, -0.1) is 0 Å². The van der Waals surface area contributed by atoms with Gasteiger partial charge in [-0.1, -0.05) is 91.0 Å². The van der Waals surface area contributed by atoms with Crippen molar-refractivity contribution in [2.75, 3.05) is 0 Å². The fourth-order valence-electron chi connectivity index (χ4n) is 4.60. The largest absolute Gasteiger partial charge is 0.264 e. The van der Waals surface area contributed by atoms with Crippen LogP contribution < -0.4 is 0 Å². The Bertz CT molecular complexity index is 1590. The molecule has 0 aliphatic rings. The van der Waals surface area contributed by atoms with Crippen LogP contribution in [0.5, 0.6) is 0 Å². The van der Waals surface area contributed by atoms with Crippen molar-refractivity contribution >= 4 is 0 Å². The van der Waals surface area contributed by atoms with Crippen molar-refractivity contribution in [3.63, 3.8) is 0 Å². The van der Waals surface area contributed by atoms with E-state index in [9.17, 15) is 0 Å². The summed E-state index contributed by atoms with van der Waals surface area (Å²) in [5.74, 6) is 0.746. The molecule has 6 rings (SSSR count). The number of aryl methyl sites for hydroxylation is 1. The summed E-state index contributed by atoms with van der Waals surface area (Å²) in [5, 5.41) is 0. The zero-order valence-corrected chi connectivity index (χ0v) is 20.5. The molecule has 0 amide bonds. The minimum absolute atomic E-state index is 0.746. The van der Waals surface area contributed by atoms with Gasteiger partial charge in [-0.3, -0.25) is 4.98 Å². The SMILES string of the molecule is Cc1nc(-c2ccc(-c3cccnc3)cc2)cc(-c2cc(-c3ccccc3)cc(-c3ccccc3)c2)n1. The maximum absolute atomic E-state index is 4.84. The normalized spacial score (nSPS) is 10.8.